The second-order valence-corrected chi connectivity index (χ2v) is 9.35. The molecule has 1 fully saturated rings. The maximum atomic E-state index is 12.9. The number of piperidine rings is 1. The molecule has 2 aromatic rings. The number of methoxy groups -OCH3 is 2. The molecule has 8 heteroatoms. The second-order valence-electron chi connectivity index (χ2n) is 9.35. The number of hydrogen-bond acceptors (Lipinski definition) is 7. The average Bonchev–Trinajstić information content (AvgIpc) is 3.25. The normalized spacial score (nSPS) is 17.1. The maximum Gasteiger partial charge on any atom is 0.309 e. The lowest BCUT2D eigenvalue weighted by atomic mass is 9.96. The van der Waals surface area contributed by atoms with Crippen molar-refractivity contribution in [1.29, 1.82) is 0 Å². The van der Waals surface area contributed by atoms with Crippen molar-refractivity contribution in [3.8, 4) is 11.5 Å². The third kappa shape index (κ3) is 6.07. The number of benzene rings is 2. The Morgan fingerprint density at radius 2 is 1.73 bits per heavy atom. The van der Waals surface area contributed by atoms with Crippen molar-refractivity contribution >= 4 is 28.8 Å². The van der Waals surface area contributed by atoms with Gasteiger partial charge in [0.15, 0.2) is 11.5 Å². The van der Waals surface area contributed by atoms with E-state index in [0.29, 0.717) is 35.8 Å². The maximum absolute atomic E-state index is 12.9. The van der Waals surface area contributed by atoms with Gasteiger partial charge >= 0.3 is 5.97 Å². The van der Waals surface area contributed by atoms with Crippen LogP contribution in [0.1, 0.15) is 44.2 Å². The summed E-state index contributed by atoms with van der Waals surface area (Å²) in [6.45, 7) is 7.15. The molecule has 0 unspecified atom stereocenters. The fourth-order valence-corrected chi connectivity index (χ4v) is 4.99. The molecule has 0 radical (unpaired) electrons. The molecule has 1 saturated heterocycles. The van der Waals surface area contributed by atoms with Crippen molar-refractivity contribution in [2.45, 2.75) is 39.5 Å². The molecule has 0 saturated carbocycles. The Hall–Kier alpha value is -3.52. The van der Waals surface area contributed by atoms with Crippen LogP contribution in [0.2, 0.25) is 0 Å². The smallest absolute Gasteiger partial charge is 0.309 e. The van der Waals surface area contributed by atoms with Crippen LogP contribution in [0.25, 0.3) is 5.57 Å². The summed E-state index contributed by atoms with van der Waals surface area (Å²) in [5.74, 6) is 1.01. The number of carbonyl (C=O) groups is 2. The van der Waals surface area contributed by atoms with E-state index >= 15 is 0 Å². The number of allylic oxidation sites excluding steroid dienone is 1. The molecule has 2 heterocycles. The van der Waals surface area contributed by atoms with Crippen molar-refractivity contribution in [1.82, 2.24) is 4.90 Å². The molecule has 1 amide bonds. The van der Waals surface area contributed by atoms with Crippen LogP contribution in [0.5, 0.6) is 11.5 Å². The van der Waals surface area contributed by atoms with Gasteiger partial charge in [-0.05, 0) is 69.5 Å². The molecule has 0 bridgehead atoms. The molecule has 2 aliphatic heterocycles. The molecule has 8 nitrogen and oxygen atoms in total. The SMILES string of the molecule is CCOC(=O)C1CCN(CCc2ccc(N/C(CC)=C3\C(=O)Nc4cc(OC)c(OC)cc43)cc2)CC1. The lowest BCUT2D eigenvalue weighted by molar-refractivity contribution is -0.149. The van der Waals surface area contributed by atoms with Crippen LogP contribution in [0.3, 0.4) is 0 Å². The first kappa shape index (κ1) is 26.5. The van der Waals surface area contributed by atoms with E-state index in [9.17, 15) is 9.59 Å². The molecule has 0 spiro atoms. The van der Waals surface area contributed by atoms with Crippen LogP contribution in [-0.2, 0) is 20.7 Å². The molecule has 0 atom stereocenters. The number of carbonyl (C=O) groups excluding carboxylic acids is 2. The number of rotatable bonds is 10. The molecular weight excluding hydrogens is 470 g/mol. The van der Waals surface area contributed by atoms with Crippen LogP contribution < -0.4 is 20.1 Å². The summed E-state index contributed by atoms with van der Waals surface area (Å²) >= 11 is 0. The number of nitrogens with one attached hydrogen (secondary N) is 2. The number of hydrogen-bond donors (Lipinski definition) is 2. The van der Waals surface area contributed by atoms with Crippen molar-refractivity contribution in [2.75, 3.05) is 51.1 Å². The number of ether oxygens (including phenoxy) is 3. The first-order valence-corrected chi connectivity index (χ1v) is 13.0. The summed E-state index contributed by atoms with van der Waals surface area (Å²) in [4.78, 5) is 27.2. The second kappa shape index (κ2) is 12.1. The van der Waals surface area contributed by atoms with Crippen molar-refractivity contribution < 1.29 is 23.8 Å². The van der Waals surface area contributed by atoms with Gasteiger partial charge in [-0.1, -0.05) is 19.1 Å². The molecule has 4 rings (SSSR count). The summed E-state index contributed by atoms with van der Waals surface area (Å²) in [6, 6.07) is 12.0. The Morgan fingerprint density at radius 3 is 2.35 bits per heavy atom. The third-order valence-electron chi connectivity index (χ3n) is 7.10. The highest BCUT2D eigenvalue weighted by molar-refractivity contribution is 6.32. The molecule has 2 aromatic carbocycles. The van der Waals surface area contributed by atoms with E-state index in [4.69, 9.17) is 14.2 Å². The topological polar surface area (TPSA) is 89.1 Å². The van der Waals surface area contributed by atoms with Gasteiger partial charge in [0.25, 0.3) is 5.91 Å². The van der Waals surface area contributed by atoms with Crippen molar-refractivity contribution in [2.24, 2.45) is 5.92 Å². The zero-order valence-electron chi connectivity index (χ0n) is 22.2. The molecule has 2 aliphatic rings. The predicted molar refractivity (Wildman–Crippen MR) is 145 cm³/mol. The summed E-state index contributed by atoms with van der Waals surface area (Å²) in [7, 11) is 3.17. The summed E-state index contributed by atoms with van der Waals surface area (Å²) in [5.41, 5.74) is 5.17. The van der Waals surface area contributed by atoms with E-state index in [1.807, 2.05) is 19.9 Å². The van der Waals surface area contributed by atoms with Crippen LogP contribution >= 0.6 is 0 Å². The first-order valence-electron chi connectivity index (χ1n) is 13.0. The number of nitrogens with zero attached hydrogens (tertiary/aromatic N) is 1. The Morgan fingerprint density at radius 1 is 1.05 bits per heavy atom. The van der Waals surface area contributed by atoms with Crippen LogP contribution in [-0.4, -0.2) is 57.2 Å². The average molecular weight is 508 g/mol. The Balaban J connectivity index is 1.39. The van der Waals surface area contributed by atoms with Gasteiger partial charge in [0.2, 0.25) is 0 Å². The minimum Gasteiger partial charge on any atom is -0.493 e. The number of fused-ring (bicyclic) bond motifs is 1. The van der Waals surface area contributed by atoms with Crippen molar-refractivity contribution in [3.63, 3.8) is 0 Å². The van der Waals surface area contributed by atoms with Gasteiger partial charge in [-0.25, -0.2) is 0 Å². The highest BCUT2D eigenvalue weighted by Crippen LogP contribution is 2.42. The molecule has 37 heavy (non-hydrogen) atoms. The van der Waals surface area contributed by atoms with Gasteiger partial charge in [-0.2, -0.15) is 0 Å². The summed E-state index contributed by atoms with van der Waals surface area (Å²) in [5, 5.41) is 6.40. The zero-order valence-corrected chi connectivity index (χ0v) is 22.2. The molecule has 0 aliphatic carbocycles. The standard InChI is InChI=1S/C29H37N3O5/c1-5-23(27-22-17-25(35-3)26(36-4)18-24(22)31-28(27)33)30-21-9-7-19(8-10-21)11-14-32-15-12-20(13-16-32)29(34)37-6-2/h7-10,17-18,20,30H,5-6,11-16H2,1-4H3,(H,31,33)/b27-23-. The monoisotopic (exact) mass is 507 g/mol. The lowest BCUT2D eigenvalue weighted by Crippen LogP contribution is -2.38. The van der Waals surface area contributed by atoms with E-state index in [0.717, 1.165) is 55.8 Å². The molecule has 2 N–H and O–H groups in total. The fraction of sp³-hybridized carbons (Fsp3) is 0.448. The van der Waals surface area contributed by atoms with Gasteiger partial charge in [0, 0.05) is 29.6 Å². The van der Waals surface area contributed by atoms with E-state index in [2.05, 4.69) is 39.8 Å². The van der Waals surface area contributed by atoms with Gasteiger partial charge in [0.05, 0.1) is 38.0 Å². The molecular formula is C29H37N3O5. The minimum atomic E-state index is -0.141. The van der Waals surface area contributed by atoms with Crippen LogP contribution in [0.15, 0.2) is 42.1 Å². The number of esters is 1. The number of anilines is 2. The Bertz CT molecular complexity index is 1150. The van der Waals surface area contributed by atoms with Gasteiger partial charge in [-0.15, -0.1) is 0 Å². The summed E-state index contributed by atoms with van der Waals surface area (Å²) < 4.78 is 16.0. The zero-order chi connectivity index (χ0) is 26.4. The van der Waals surface area contributed by atoms with E-state index < -0.39 is 0 Å². The largest absolute Gasteiger partial charge is 0.493 e. The molecule has 0 aromatic heterocycles. The summed E-state index contributed by atoms with van der Waals surface area (Å²) in [6.07, 6.45) is 3.35. The third-order valence-corrected chi connectivity index (χ3v) is 7.10. The van der Waals surface area contributed by atoms with Crippen LogP contribution in [0, 0.1) is 5.92 Å². The number of amides is 1. The molecule has 198 valence electrons. The van der Waals surface area contributed by atoms with Crippen LogP contribution in [0.4, 0.5) is 11.4 Å². The fourth-order valence-electron chi connectivity index (χ4n) is 4.99. The van der Waals surface area contributed by atoms with E-state index in [-0.39, 0.29) is 17.8 Å². The highest BCUT2D eigenvalue weighted by atomic mass is 16.5. The Labute approximate surface area is 219 Å². The highest BCUT2D eigenvalue weighted by Gasteiger charge is 2.29. The van der Waals surface area contributed by atoms with E-state index in [1.165, 1.54) is 5.56 Å². The quantitative estimate of drug-likeness (QED) is 0.356. The van der Waals surface area contributed by atoms with Gasteiger partial charge in [0.1, 0.15) is 0 Å². The van der Waals surface area contributed by atoms with Gasteiger partial charge < -0.3 is 29.7 Å². The Kier molecular flexibility index (Phi) is 8.71. The number of likely N-dealkylation sites (tertiary alicyclic amines) is 1. The van der Waals surface area contributed by atoms with E-state index in [1.54, 1.807) is 20.3 Å². The lowest BCUT2D eigenvalue weighted by Gasteiger charge is -2.30. The first-order chi connectivity index (χ1) is 18.0. The van der Waals surface area contributed by atoms with Gasteiger partial charge in [-0.3, -0.25) is 9.59 Å². The predicted octanol–water partition coefficient (Wildman–Crippen LogP) is 4.71. The van der Waals surface area contributed by atoms with Crippen molar-refractivity contribution in [3.05, 3.63) is 53.2 Å². The minimum absolute atomic E-state index is 0.0421.